The van der Waals surface area contributed by atoms with Crippen LogP contribution < -0.4 is 10.1 Å². The van der Waals surface area contributed by atoms with E-state index < -0.39 is 12.3 Å². The molecule has 4 rings (SSSR count). The number of alkyl halides is 4. The van der Waals surface area contributed by atoms with Gasteiger partial charge in [-0.25, -0.2) is 17.6 Å². The van der Waals surface area contributed by atoms with Crippen LogP contribution in [-0.4, -0.2) is 43.4 Å². The number of fused-ring (bicyclic) bond motifs is 1. The topological polar surface area (TPSA) is 41.6 Å². The molecule has 1 aliphatic heterocycles. The van der Waals surface area contributed by atoms with Crippen molar-refractivity contribution >= 4 is 16.7 Å². The van der Waals surface area contributed by atoms with Crippen LogP contribution in [0.2, 0.25) is 0 Å². The molecule has 1 amide bonds. The van der Waals surface area contributed by atoms with Crippen LogP contribution in [0, 0.1) is 5.92 Å². The van der Waals surface area contributed by atoms with E-state index in [0.717, 1.165) is 17.7 Å². The Morgan fingerprint density at radius 1 is 1.12 bits per heavy atom. The van der Waals surface area contributed by atoms with Gasteiger partial charge in [0.1, 0.15) is 11.5 Å². The normalized spacial score (nSPS) is 14.5. The Kier molecular flexibility index (Phi) is 6.56. The zero-order valence-electron chi connectivity index (χ0n) is 18.0. The molecule has 1 heterocycles. The van der Waals surface area contributed by atoms with Crippen LogP contribution in [0.15, 0.2) is 60.7 Å². The first kappa shape index (κ1) is 23.0. The fourth-order valence-corrected chi connectivity index (χ4v) is 3.86. The number of rotatable bonds is 8. The van der Waals surface area contributed by atoms with Crippen molar-refractivity contribution in [2.24, 2.45) is 5.92 Å². The average molecular weight is 460 g/mol. The molecular formula is C25H24F4N2O2. The van der Waals surface area contributed by atoms with Crippen LogP contribution in [-0.2, 0) is 5.92 Å². The molecule has 33 heavy (non-hydrogen) atoms. The molecule has 3 aromatic rings. The summed E-state index contributed by atoms with van der Waals surface area (Å²) >= 11 is 0. The van der Waals surface area contributed by atoms with Gasteiger partial charge in [-0.2, -0.15) is 0 Å². The molecule has 4 nitrogen and oxygen atoms in total. The molecular weight excluding hydrogens is 436 g/mol. The predicted molar refractivity (Wildman–Crippen MR) is 118 cm³/mol. The van der Waals surface area contributed by atoms with E-state index in [4.69, 9.17) is 4.74 Å². The van der Waals surface area contributed by atoms with Crippen LogP contribution in [0.5, 0.6) is 11.5 Å². The second-order valence-electron chi connectivity index (χ2n) is 8.33. The van der Waals surface area contributed by atoms with Gasteiger partial charge in [0.2, 0.25) is 0 Å². The third-order valence-electron chi connectivity index (χ3n) is 5.65. The summed E-state index contributed by atoms with van der Waals surface area (Å²) in [4.78, 5) is 14.5. The average Bonchev–Trinajstić information content (AvgIpc) is 2.74. The summed E-state index contributed by atoms with van der Waals surface area (Å²) in [5.74, 6) is -1.87. The number of hydrogen-bond acceptors (Lipinski definition) is 3. The molecule has 0 saturated carbocycles. The summed E-state index contributed by atoms with van der Waals surface area (Å²) in [7, 11) is 0. The summed E-state index contributed by atoms with van der Waals surface area (Å²) in [5, 5.41) is 4.31. The first-order chi connectivity index (χ1) is 15.7. The number of halogens is 4. The first-order valence-corrected chi connectivity index (χ1v) is 10.7. The van der Waals surface area contributed by atoms with E-state index in [1.807, 2.05) is 6.07 Å². The van der Waals surface area contributed by atoms with E-state index in [1.165, 1.54) is 24.3 Å². The number of amides is 1. The second kappa shape index (κ2) is 9.39. The molecule has 3 aromatic carbocycles. The molecule has 1 saturated heterocycles. The van der Waals surface area contributed by atoms with E-state index in [-0.39, 0.29) is 23.9 Å². The highest BCUT2D eigenvalue weighted by atomic mass is 19.3. The number of hydrogen-bond donors (Lipinski definition) is 1. The van der Waals surface area contributed by atoms with Crippen molar-refractivity contribution in [1.29, 1.82) is 0 Å². The second-order valence-corrected chi connectivity index (χ2v) is 8.33. The zero-order valence-corrected chi connectivity index (χ0v) is 18.0. The van der Waals surface area contributed by atoms with Crippen molar-refractivity contribution < 1.29 is 27.1 Å². The van der Waals surface area contributed by atoms with Crippen molar-refractivity contribution in [3.8, 4) is 11.5 Å². The summed E-state index contributed by atoms with van der Waals surface area (Å²) in [6, 6.07) is 16.4. The van der Waals surface area contributed by atoms with E-state index in [0.29, 0.717) is 36.7 Å². The fourth-order valence-electron chi connectivity index (χ4n) is 3.86. The molecule has 0 spiro atoms. The molecule has 0 aliphatic carbocycles. The Morgan fingerprint density at radius 2 is 1.85 bits per heavy atom. The monoisotopic (exact) mass is 460 g/mol. The standard InChI is InChI=1S/C25H24F4N2O2/c1-25(28,29)19-6-8-20(9-7-19)33-22-4-2-3-17-11-18(5-10-21(17)22)24(32)31-14-16(15-31)12-30-13-23(26)27/h2-11,16,23,30H,12-15H2,1H3. The number of carbonyl (C=O) groups excluding carboxylic acids is 1. The summed E-state index contributed by atoms with van der Waals surface area (Å²) in [6.45, 7) is 2.03. The lowest BCUT2D eigenvalue weighted by atomic mass is 9.98. The number of ether oxygens (including phenoxy) is 1. The zero-order chi connectivity index (χ0) is 23.6. The van der Waals surface area contributed by atoms with Crippen molar-refractivity contribution in [3.63, 3.8) is 0 Å². The van der Waals surface area contributed by atoms with Crippen LogP contribution in [0.25, 0.3) is 10.8 Å². The SMILES string of the molecule is CC(F)(F)c1ccc(Oc2cccc3cc(C(=O)N4CC(CNCC(F)F)C4)ccc23)cc1. The van der Waals surface area contributed by atoms with Gasteiger partial charge in [-0.3, -0.25) is 4.79 Å². The largest absolute Gasteiger partial charge is 0.457 e. The lowest BCUT2D eigenvalue weighted by molar-refractivity contribution is 0.0174. The third kappa shape index (κ3) is 5.45. The number of nitrogens with zero attached hydrogens (tertiary/aromatic N) is 1. The highest BCUT2D eigenvalue weighted by molar-refractivity contribution is 6.00. The Labute approximate surface area is 189 Å². The van der Waals surface area contributed by atoms with Gasteiger partial charge in [0, 0.05) is 49.0 Å². The quantitative estimate of drug-likeness (QED) is 0.441. The van der Waals surface area contributed by atoms with Crippen LogP contribution in [0.1, 0.15) is 22.8 Å². The smallest absolute Gasteiger partial charge is 0.270 e. The van der Waals surface area contributed by atoms with Crippen LogP contribution in [0.3, 0.4) is 0 Å². The van der Waals surface area contributed by atoms with Crippen molar-refractivity contribution in [1.82, 2.24) is 10.2 Å². The van der Waals surface area contributed by atoms with E-state index in [1.54, 1.807) is 35.2 Å². The number of nitrogens with one attached hydrogen (secondary N) is 1. The van der Waals surface area contributed by atoms with Gasteiger partial charge in [-0.1, -0.05) is 12.1 Å². The molecule has 0 aromatic heterocycles. The molecule has 174 valence electrons. The van der Waals surface area contributed by atoms with Gasteiger partial charge in [0.05, 0.1) is 6.54 Å². The van der Waals surface area contributed by atoms with Crippen molar-refractivity contribution in [3.05, 3.63) is 71.8 Å². The van der Waals surface area contributed by atoms with Gasteiger partial charge < -0.3 is 15.0 Å². The Morgan fingerprint density at radius 3 is 2.52 bits per heavy atom. The lowest BCUT2D eigenvalue weighted by Gasteiger charge is -2.39. The predicted octanol–water partition coefficient (Wildman–Crippen LogP) is 5.67. The Balaban J connectivity index is 1.43. The van der Waals surface area contributed by atoms with E-state index in [2.05, 4.69) is 5.32 Å². The summed E-state index contributed by atoms with van der Waals surface area (Å²) in [5.41, 5.74) is 0.446. The van der Waals surface area contributed by atoms with Gasteiger partial charge in [0.15, 0.2) is 0 Å². The first-order valence-electron chi connectivity index (χ1n) is 10.7. The molecule has 1 fully saturated rings. The summed E-state index contributed by atoms with van der Waals surface area (Å²) < 4.78 is 57.1. The van der Waals surface area contributed by atoms with Crippen LogP contribution >= 0.6 is 0 Å². The van der Waals surface area contributed by atoms with Gasteiger partial charge in [0.25, 0.3) is 18.3 Å². The minimum absolute atomic E-state index is 0.0889. The van der Waals surface area contributed by atoms with Crippen molar-refractivity contribution in [2.45, 2.75) is 19.3 Å². The summed E-state index contributed by atoms with van der Waals surface area (Å²) in [6.07, 6.45) is -2.38. The highest BCUT2D eigenvalue weighted by Crippen LogP contribution is 2.33. The van der Waals surface area contributed by atoms with Gasteiger partial charge >= 0.3 is 0 Å². The number of likely N-dealkylation sites (tertiary alicyclic amines) is 1. The minimum Gasteiger partial charge on any atom is -0.457 e. The molecule has 0 radical (unpaired) electrons. The van der Waals surface area contributed by atoms with Crippen molar-refractivity contribution in [2.75, 3.05) is 26.2 Å². The minimum atomic E-state index is -2.92. The Bertz CT molecular complexity index is 1120. The maximum absolute atomic E-state index is 13.4. The van der Waals surface area contributed by atoms with Gasteiger partial charge in [-0.15, -0.1) is 0 Å². The molecule has 1 N–H and O–H groups in total. The van der Waals surface area contributed by atoms with E-state index in [9.17, 15) is 22.4 Å². The highest BCUT2D eigenvalue weighted by Gasteiger charge is 2.31. The lowest BCUT2D eigenvalue weighted by Crippen LogP contribution is -2.53. The third-order valence-corrected chi connectivity index (χ3v) is 5.65. The fraction of sp³-hybridized carbons (Fsp3) is 0.320. The molecule has 0 unspecified atom stereocenters. The Hall–Kier alpha value is -3.13. The van der Waals surface area contributed by atoms with E-state index >= 15 is 0 Å². The number of carbonyl (C=O) groups is 1. The molecule has 1 aliphatic rings. The molecule has 0 atom stereocenters. The van der Waals surface area contributed by atoms with Gasteiger partial charge in [-0.05, 0) is 53.9 Å². The maximum atomic E-state index is 13.4. The maximum Gasteiger partial charge on any atom is 0.270 e. The molecule has 0 bridgehead atoms. The van der Waals surface area contributed by atoms with Crippen LogP contribution in [0.4, 0.5) is 17.6 Å². The number of benzene rings is 3. The molecule has 8 heteroatoms.